The molecule has 0 radical (unpaired) electrons. The van der Waals surface area contributed by atoms with Gasteiger partial charge in [0, 0.05) is 19.1 Å². The SMILES string of the molecule is CCCCC1(CCCC)N=C(N)N(C2CCN(C(=O)C(c3ccccc3)c3ccccc3)CC2)C1=O. The first-order chi connectivity index (χ1) is 17.5. The third-order valence-corrected chi connectivity index (χ3v) is 7.73. The first kappa shape index (κ1) is 25.9. The molecule has 0 spiro atoms. The Bertz CT molecular complexity index is 998. The van der Waals surface area contributed by atoms with Crippen molar-refractivity contribution in [2.45, 2.75) is 82.7 Å². The van der Waals surface area contributed by atoms with Gasteiger partial charge in [-0.1, -0.05) is 100 Å². The molecule has 1 fully saturated rings. The number of unbranched alkanes of at least 4 members (excludes halogenated alkanes) is 2. The van der Waals surface area contributed by atoms with E-state index in [0.717, 1.165) is 49.7 Å². The van der Waals surface area contributed by atoms with E-state index in [0.29, 0.717) is 31.9 Å². The van der Waals surface area contributed by atoms with E-state index in [2.05, 4.69) is 13.8 Å². The van der Waals surface area contributed by atoms with Gasteiger partial charge in [0.25, 0.3) is 5.91 Å². The van der Waals surface area contributed by atoms with Crippen LogP contribution in [0, 0.1) is 0 Å². The number of rotatable bonds is 10. The van der Waals surface area contributed by atoms with Gasteiger partial charge in [0.15, 0.2) is 5.96 Å². The van der Waals surface area contributed by atoms with Gasteiger partial charge in [-0.25, -0.2) is 4.99 Å². The van der Waals surface area contributed by atoms with Gasteiger partial charge in [-0.2, -0.15) is 0 Å². The fourth-order valence-corrected chi connectivity index (χ4v) is 5.69. The zero-order valence-corrected chi connectivity index (χ0v) is 21.7. The van der Waals surface area contributed by atoms with Crippen molar-refractivity contribution in [3.63, 3.8) is 0 Å². The van der Waals surface area contributed by atoms with E-state index in [9.17, 15) is 9.59 Å². The Morgan fingerprint density at radius 2 is 1.44 bits per heavy atom. The number of guanidine groups is 1. The molecule has 192 valence electrons. The molecule has 1 saturated heterocycles. The Morgan fingerprint density at radius 3 is 1.92 bits per heavy atom. The molecule has 0 aromatic heterocycles. The monoisotopic (exact) mass is 488 g/mol. The number of carbonyl (C=O) groups is 2. The summed E-state index contributed by atoms with van der Waals surface area (Å²) in [5, 5.41) is 0. The molecule has 2 amide bonds. The Kier molecular flexibility index (Phi) is 8.44. The van der Waals surface area contributed by atoms with Gasteiger partial charge < -0.3 is 10.6 Å². The van der Waals surface area contributed by atoms with E-state index < -0.39 is 5.54 Å². The maximum absolute atomic E-state index is 13.8. The van der Waals surface area contributed by atoms with Crippen LogP contribution in [0.1, 0.15) is 82.3 Å². The molecule has 2 N–H and O–H groups in total. The molecule has 4 rings (SSSR count). The smallest absolute Gasteiger partial charge is 0.257 e. The molecule has 0 atom stereocenters. The number of aliphatic imine (C=N–C) groups is 1. The average molecular weight is 489 g/mol. The molecule has 0 aliphatic carbocycles. The Balaban J connectivity index is 1.47. The van der Waals surface area contributed by atoms with E-state index in [4.69, 9.17) is 10.7 Å². The summed E-state index contributed by atoms with van der Waals surface area (Å²) in [6, 6.07) is 20.0. The lowest BCUT2D eigenvalue weighted by atomic mass is 9.86. The lowest BCUT2D eigenvalue weighted by Crippen LogP contribution is -2.54. The van der Waals surface area contributed by atoms with E-state index in [-0.39, 0.29) is 23.8 Å². The minimum absolute atomic E-state index is 0.0117. The van der Waals surface area contributed by atoms with Crippen LogP contribution in [-0.2, 0) is 9.59 Å². The Morgan fingerprint density at radius 1 is 0.944 bits per heavy atom. The standard InChI is InChI=1S/C30H40N4O2/c1-3-5-19-30(20-6-4-2)28(36)34(29(31)32-30)25-17-21-33(22-18-25)27(35)26(23-13-9-7-10-14-23)24-15-11-8-12-16-24/h7-16,25-26H,3-6,17-22H2,1-2H3,(H2,31,32). The average Bonchev–Trinajstić information content (AvgIpc) is 3.16. The fraction of sp³-hybridized carbons (Fsp3) is 0.500. The number of hydrogen-bond acceptors (Lipinski definition) is 4. The van der Waals surface area contributed by atoms with Crippen molar-refractivity contribution >= 4 is 17.8 Å². The Hall–Kier alpha value is -3.15. The highest BCUT2D eigenvalue weighted by molar-refractivity contribution is 6.07. The van der Waals surface area contributed by atoms with Crippen molar-refractivity contribution in [3.05, 3.63) is 71.8 Å². The first-order valence-corrected chi connectivity index (χ1v) is 13.6. The van der Waals surface area contributed by atoms with Crippen molar-refractivity contribution < 1.29 is 9.59 Å². The molecule has 36 heavy (non-hydrogen) atoms. The molecule has 2 heterocycles. The largest absolute Gasteiger partial charge is 0.369 e. The quantitative estimate of drug-likeness (QED) is 0.506. The van der Waals surface area contributed by atoms with Crippen molar-refractivity contribution in [1.82, 2.24) is 9.80 Å². The second-order valence-corrected chi connectivity index (χ2v) is 10.2. The van der Waals surface area contributed by atoms with Crippen molar-refractivity contribution in [2.24, 2.45) is 10.7 Å². The summed E-state index contributed by atoms with van der Waals surface area (Å²) >= 11 is 0. The van der Waals surface area contributed by atoms with Gasteiger partial charge in [0.1, 0.15) is 5.54 Å². The van der Waals surface area contributed by atoms with Gasteiger partial charge in [0.05, 0.1) is 5.92 Å². The molecule has 2 aliphatic rings. The summed E-state index contributed by atoms with van der Waals surface area (Å²) in [6.07, 6.45) is 6.92. The van der Waals surface area contributed by atoms with Gasteiger partial charge in [-0.3, -0.25) is 14.5 Å². The van der Waals surface area contributed by atoms with Gasteiger partial charge >= 0.3 is 0 Å². The number of nitrogens with two attached hydrogens (primary N) is 1. The summed E-state index contributed by atoms with van der Waals surface area (Å²) in [5.74, 6) is 0.210. The summed E-state index contributed by atoms with van der Waals surface area (Å²) in [5.41, 5.74) is 7.69. The van der Waals surface area contributed by atoms with Crippen LogP contribution < -0.4 is 5.73 Å². The molecular formula is C30H40N4O2. The minimum atomic E-state index is -0.700. The zero-order valence-electron chi connectivity index (χ0n) is 21.7. The second-order valence-electron chi connectivity index (χ2n) is 10.2. The van der Waals surface area contributed by atoms with E-state index in [1.165, 1.54) is 0 Å². The van der Waals surface area contributed by atoms with Crippen LogP contribution in [0.15, 0.2) is 65.7 Å². The number of amides is 2. The minimum Gasteiger partial charge on any atom is -0.369 e. The van der Waals surface area contributed by atoms with Gasteiger partial charge in [-0.05, 0) is 36.8 Å². The van der Waals surface area contributed by atoms with Crippen LogP contribution in [0.3, 0.4) is 0 Å². The van der Waals surface area contributed by atoms with E-state index >= 15 is 0 Å². The van der Waals surface area contributed by atoms with E-state index in [1.54, 1.807) is 4.90 Å². The molecule has 0 saturated carbocycles. The zero-order chi connectivity index (χ0) is 25.5. The predicted molar refractivity (Wildman–Crippen MR) is 145 cm³/mol. The van der Waals surface area contributed by atoms with Gasteiger partial charge in [-0.15, -0.1) is 0 Å². The Labute approximate surface area is 215 Å². The maximum atomic E-state index is 13.8. The number of hydrogen-bond donors (Lipinski definition) is 1. The van der Waals surface area contributed by atoms with Crippen LogP contribution in [0.2, 0.25) is 0 Å². The first-order valence-electron chi connectivity index (χ1n) is 13.6. The lowest BCUT2D eigenvalue weighted by Gasteiger charge is -2.38. The maximum Gasteiger partial charge on any atom is 0.257 e. The lowest BCUT2D eigenvalue weighted by molar-refractivity contribution is -0.136. The summed E-state index contributed by atoms with van der Waals surface area (Å²) < 4.78 is 0. The summed E-state index contributed by atoms with van der Waals surface area (Å²) in [6.45, 7) is 5.49. The van der Waals surface area contributed by atoms with Crippen molar-refractivity contribution in [3.8, 4) is 0 Å². The van der Waals surface area contributed by atoms with Gasteiger partial charge in [0.2, 0.25) is 5.91 Å². The number of benzene rings is 2. The topological polar surface area (TPSA) is 79.0 Å². The number of likely N-dealkylation sites (tertiary alicyclic amines) is 1. The molecule has 0 bridgehead atoms. The predicted octanol–water partition coefficient (Wildman–Crippen LogP) is 5.09. The summed E-state index contributed by atoms with van der Waals surface area (Å²) in [7, 11) is 0. The molecule has 2 aliphatic heterocycles. The fourth-order valence-electron chi connectivity index (χ4n) is 5.69. The third kappa shape index (κ3) is 5.32. The van der Waals surface area contributed by atoms with Crippen LogP contribution in [0.5, 0.6) is 0 Å². The highest BCUT2D eigenvalue weighted by Gasteiger charge is 2.49. The molecule has 6 heteroatoms. The number of carbonyl (C=O) groups excluding carboxylic acids is 2. The molecule has 0 unspecified atom stereocenters. The number of nitrogens with zero attached hydrogens (tertiary/aromatic N) is 3. The third-order valence-electron chi connectivity index (χ3n) is 7.73. The second kappa shape index (κ2) is 11.7. The highest BCUT2D eigenvalue weighted by Crippen LogP contribution is 2.36. The van der Waals surface area contributed by atoms with Crippen LogP contribution >= 0.6 is 0 Å². The highest BCUT2D eigenvalue weighted by atomic mass is 16.2. The van der Waals surface area contributed by atoms with E-state index in [1.807, 2.05) is 65.6 Å². The van der Waals surface area contributed by atoms with Crippen molar-refractivity contribution in [2.75, 3.05) is 13.1 Å². The normalized spacial score (nSPS) is 18.1. The van der Waals surface area contributed by atoms with Crippen molar-refractivity contribution in [1.29, 1.82) is 0 Å². The van der Waals surface area contributed by atoms with Crippen LogP contribution in [0.25, 0.3) is 0 Å². The summed E-state index contributed by atoms with van der Waals surface area (Å²) in [4.78, 5) is 36.0. The van der Waals surface area contributed by atoms with Crippen LogP contribution in [-0.4, -0.2) is 52.2 Å². The molecule has 2 aromatic carbocycles. The molecule has 6 nitrogen and oxygen atoms in total. The molecule has 2 aromatic rings. The molecular weight excluding hydrogens is 448 g/mol. The number of piperidine rings is 1. The van der Waals surface area contributed by atoms with Crippen LogP contribution in [0.4, 0.5) is 0 Å².